The van der Waals surface area contributed by atoms with Crippen LogP contribution in [0.2, 0.25) is 0 Å². The number of hydrogen-bond acceptors (Lipinski definition) is 8. The second kappa shape index (κ2) is 16.6. The molecule has 0 radical (unpaired) electrons. The van der Waals surface area contributed by atoms with Gasteiger partial charge in [-0.05, 0) is 44.6 Å². The number of methoxy groups -OCH3 is 2. The fraction of sp³-hybridized carbons (Fsp3) is 0.800. The molecule has 1 rings (SSSR count). The average molecular weight is 541 g/mol. The Morgan fingerprint density at radius 2 is 1.79 bits per heavy atom. The van der Waals surface area contributed by atoms with Gasteiger partial charge in [-0.15, -0.1) is 0 Å². The van der Waals surface area contributed by atoms with Crippen LogP contribution in [-0.4, -0.2) is 79.4 Å². The summed E-state index contributed by atoms with van der Waals surface area (Å²) in [5.74, 6) is -1.17. The molecule has 0 aromatic heterocycles. The molecule has 0 bridgehead atoms. The summed E-state index contributed by atoms with van der Waals surface area (Å²) < 4.78 is 23.7. The molecule has 1 heterocycles. The first-order valence-electron chi connectivity index (χ1n) is 14.0. The van der Waals surface area contributed by atoms with E-state index < -0.39 is 36.3 Å². The van der Waals surface area contributed by atoms with E-state index in [9.17, 15) is 19.8 Å². The monoisotopic (exact) mass is 540 g/mol. The van der Waals surface area contributed by atoms with Crippen LogP contribution in [0.25, 0.3) is 0 Å². The summed E-state index contributed by atoms with van der Waals surface area (Å²) in [6, 6.07) is 0. The van der Waals surface area contributed by atoms with E-state index in [1.807, 2.05) is 33.8 Å². The minimum Gasteiger partial charge on any atom is -0.392 e. The van der Waals surface area contributed by atoms with E-state index in [0.29, 0.717) is 31.6 Å². The van der Waals surface area contributed by atoms with Crippen molar-refractivity contribution in [1.29, 1.82) is 0 Å². The minimum absolute atomic E-state index is 0.0137. The SMILES string of the molecule is CCC(O)[C@H](/C=C(C)/C=C/C(=O)[C@H](C)C[C@H](CC=O)C(C)C)COC1(CC)OC(C)[C@@H](O)[C@@H](OC)C1OC. The molecule has 8 heteroatoms. The smallest absolute Gasteiger partial charge is 0.197 e. The first-order valence-corrected chi connectivity index (χ1v) is 14.0. The molecule has 0 amide bonds. The zero-order chi connectivity index (χ0) is 29.0. The highest BCUT2D eigenvalue weighted by Crippen LogP contribution is 2.37. The summed E-state index contributed by atoms with van der Waals surface area (Å²) in [5, 5.41) is 21.3. The average Bonchev–Trinajstić information content (AvgIpc) is 2.89. The third-order valence-electron chi connectivity index (χ3n) is 7.86. The van der Waals surface area contributed by atoms with Gasteiger partial charge in [0.05, 0.1) is 18.8 Å². The van der Waals surface area contributed by atoms with Crippen molar-refractivity contribution in [2.45, 2.75) is 110 Å². The molecule has 1 aliphatic rings. The Morgan fingerprint density at radius 1 is 1.13 bits per heavy atom. The van der Waals surface area contributed by atoms with E-state index in [-0.39, 0.29) is 30.1 Å². The molecule has 0 aromatic carbocycles. The topological polar surface area (TPSA) is 112 Å². The van der Waals surface area contributed by atoms with Crippen molar-refractivity contribution in [2.75, 3.05) is 20.8 Å². The molecule has 1 fully saturated rings. The molecule has 0 aromatic rings. The number of carbonyl (C=O) groups is 2. The highest BCUT2D eigenvalue weighted by Gasteiger charge is 2.54. The van der Waals surface area contributed by atoms with Crippen LogP contribution in [0.15, 0.2) is 23.8 Å². The van der Waals surface area contributed by atoms with E-state index >= 15 is 0 Å². The Labute approximate surface area is 229 Å². The lowest BCUT2D eigenvalue weighted by Gasteiger charge is -2.50. The van der Waals surface area contributed by atoms with Crippen LogP contribution in [0, 0.1) is 23.7 Å². The molecular weight excluding hydrogens is 488 g/mol. The highest BCUT2D eigenvalue weighted by molar-refractivity contribution is 5.91. The Morgan fingerprint density at radius 3 is 2.29 bits per heavy atom. The first-order chi connectivity index (χ1) is 17.9. The van der Waals surface area contributed by atoms with Crippen LogP contribution >= 0.6 is 0 Å². The molecule has 4 unspecified atom stereocenters. The van der Waals surface area contributed by atoms with Gasteiger partial charge in [-0.3, -0.25) is 4.79 Å². The van der Waals surface area contributed by atoms with Crippen LogP contribution in [0.5, 0.6) is 0 Å². The van der Waals surface area contributed by atoms with Gasteiger partial charge in [-0.2, -0.15) is 0 Å². The standard InChI is InChI=1S/C30H52O8/c1-10-25(32)24(16-20(5)12-13-26(33)21(6)17-23(14-15-31)19(3)4)18-37-30(11-2)29(36-9)28(35-8)27(34)22(7)38-30/h12-13,15-16,19,21-25,27-29,32,34H,10-11,14,17-18H2,1-9H3/b13-12+,20-16+/t21-,22?,23+,24-,25?,27-,28-,29?,30?/m1/s1. The maximum Gasteiger partial charge on any atom is 0.197 e. The fourth-order valence-corrected chi connectivity index (χ4v) is 5.14. The summed E-state index contributed by atoms with van der Waals surface area (Å²) >= 11 is 0. The number of carbonyl (C=O) groups excluding carboxylic acids is 2. The summed E-state index contributed by atoms with van der Waals surface area (Å²) in [5.41, 5.74) is 0.830. The second-order valence-electron chi connectivity index (χ2n) is 11.0. The zero-order valence-corrected chi connectivity index (χ0v) is 24.9. The predicted octanol–water partition coefficient (Wildman–Crippen LogP) is 4.27. The summed E-state index contributed by atoms with van der Waals surface area (Å²) in [6.45, 7) is 13.7. The second-order valence-corrected chi connectivity index (χ2v) is 11.0. The van der Waals surface area contributed by atoms with E-state index in [0.717, 1.165) is 11.9 Å². The van der Waals surface area contributed by atoms with Gasteiger partial charge in [0, 0.05) is 38.9 Å². The lowest BCUT2D eigenvalue weighted by atomic mass is 9.83. The van der Waals surface area contributed by atoms with Gasteiger partial charge >= 0.3 is 0 Å². The lowest BCUT2D eigenvalue weighted by molar-refractivity contribution is -0.367. The van der Waals surface area contributed by atoms with Gasteiger partial charge < -0.3 is 34.0 Å². The Kier molecular flexibility index (Phi) is 15.1. The van der Waals surface area contributed by atoms with E-state index in [2.05, 4.69) is 13.8 Å². The molecule has 38 heavy (non-hydrogen) atoms. The summed E-state index contributed by atoms with van der Waals surface area (Å²) in [7, 11) is 3.05. The predicted molar refractivity (Wildman–Crippen MR) is 148 cm³/mol. The number of aldehydes is 1. The van der Waals surface area contributed by atoms with Crippen LogP contribution in [-0.2, 0) is 28.5 Å². The summed E-state index contributed by atoms with van der Waals surface area (Å²) in [6.07, 6.45) is 4.93. The lowest BCUT2D eigenvalue weighted by Crippen LogP contribution is -2.66. The maximum atomic E-state index is 12.7. The Bertz CT molecular complexity index is 778. The Balaban J connectivity index is 3.03. The molecule has 1 saturated heterocycles. The van der Waals surface area contributed by atoms with E-state index in [1.165, 1.54) is 14.2 Å². The van der Waals surface area contributed by atoms with Crippen LogP contribution < -0.4 is 0 Å². The van der Waals surface area contributed by atoms with Crippen molar-refractivity contribution >= 4 is 12.1 Å². The minimum atomic E-state index is -1.16. The molecule has 2 N–H and O–H groups in total. The van der Waals surface area contributed by atoms with Crippen molar-refractivity contribution < 1.29 is 38.7 Å². The molecule has 0 saturated carbocycles. The molecule has 8 nitrogen and oxygen atoms in total. The van der Waals surface area contributed by atoms with Crippen LogP contribution in [0.4, 0.5) is 0 Å². The third-order valence-corrected chi connectivity index (χ3v) is 7.86. The largest absolute Gasteiger partial charge is 0.392 e. The van der Waals surface area contributed by atoms with Gasteiger partial charge in [0.2, 0.25) is 0 Å². The van der Waals surface area contributed by atoms with Gasteiger partial charge in [0.25, 0.3) is 0 Å². The van der Waals surface area contributed by atoms with E-state index in [4.69, 9.17) is 18.9 Å². The number of aliphatic hydroxyl groups is 2. The normalized spacial score (nSPS) is 29.8. The van der Waals surface area contributed by atoms with Crippen molar-refractivity contribution in [3.63, 3.8) is 0 Å². The van der Waals surface area contributed by atoms with Crippen molar-refractivity contribution in [3.8, 4) is 0 Å². The first kappa shape index (κ1) is 34.6. The third kappa shape index (κ3) is 9.35. The number of ketones is 1. The highest BCUT2D eigenvalue weighted by atomic mass is 16.7. The van der Waals surface area contributed by atoms with Gasteiger partial charge in [-0.1, -0.05) is 52.3 Å². The number of rotatable bonds is 17. The molecule has 1 aliphatic heterocycles. The number of allylic oxidation sites excluding steroid dienone is 3. The number of hydrogen-bond donors (Lipinski definition) is 2. The zero-order valence-electron chi connectivity index (χ0n) is 24.9. The molecule has 0 spiro atoms. The van der Waals surface area contributed by atoms with Gasteiger partial charge in [-0.25, -0.2) is 0 Å². The molecule has 220 valence electrons. The van der Waals surface area contributed by atoms with Crippen molar-refractivity contribution in [1.82, 2.24) is 0 Å². The molecule has 0 aliphatic carbocycles. The van der Waals surface area contributed by atoms with Gasteiger partial charge in [0.15, 0.2) is 11.6 Å². The van der Waals surface area contributed by atoms with Crippen LogP contribution in [0.1, 0.15) is 74.1 Å². The molecule has 9 atom stereocenters. The number of ether oxygens (including phenoxy) is 4. The van der Waals surface area contributed by atoms with Crippen molar-refractivity contribution in [3.05, 3.63) is 23.8 Å². The summed E-state index contributed by atoms with van der Waals surface area (Å²) in [4.78, 5) is 23.7. The fourth-order valence-electron chi connectivity index (χ4n) is 5.14. The number of aliphatic hydroxyl groups excluding tert-OH is 2. The van der Waals surface area contributed by atoms with Crippen molar-refractivity contribution in [2.24, 2.45) is 23.7 Å². The quantitative estimate of drug-likeness (QED) is 0.160. The van der Waals surface area contributed by atoms with Gasteiger partial charge in [0.1, 0.15) is 24.6 Å². The maximum absolute atomic E-state index is 12.7. The van der Waals surface area contributed by atoms with Crippen LogP contribution in [0.3, 0.4) is 0 Å². The van der Waals surface area contributed by atoms with E-state index in [1.54, 1.807) is 19.1 Å². The Hall–Kier alpha value is -1.42. The molecular formula is C30H52O8.